The molecule has 64 valence electrons. The molecule has 4 nitrogen and oxygen atoms in total. The zero-order valence-corrected chi connectivity index (χ0v) is 6.82. The first-order valence-electron chi connectivity index (χ1n) is 3.40. The SMILES string of the molecule is C#CCN(CC(=O)O)C(C)C#N. The molecule has 0 spiro atoms. The summed E-state index contributed by atoms with van der Waals surface area (Å²) in [5.74, 6) is 1.32. The second-order valence-electron chi connectivity index (χ2n) is 2.31. The van der Waals surface area contributed by atoms with E-state index in [1.165, 1.54) is 4.90 Å². The molecule has 1 N–H and O–H groups in total. The van der Waals surface area contributed by atoms with Crippen molar-refractivity contribution in [2.75, 3.05) is 13.1 Å². The Morgan fingerprint density at radius 1 is 1.83 bits per heavy atom. The maximum absolute atomic E-state index is 10.3. The average Bonchev–Trinajstić information content (AvgIpc) is 2.01. The van der Waals surface area contributed by atoms with Gasteiger partial charge in [-0.25, -0.2) is 0 Å². The van der Waals surface area contributed by atoms with Crippen LogP contribution in [0.4, 0.5) is 0 Å². The predicted octanol–water partition coefficient (Wildman–Crippen LogP) is -0.0817. The molecule has 4 heteroatoms. The Morgan fingerprint density at radius 3 is 2.75 bits per heavy atom. The van der Waals surface area contributed by atoms with E-state index in [2.05, 4.69) is 5.92 Å². The molecule has 0 fully saturated rings. The predicted molar refractivity (Wildman–Crippen MR) is 43.1 cm³/mol. The number of terminal acetylenes is 1. The molecular weight excluding hydrogens is 156 g/mol. The van der Waals surface area contributed by atoms with Crippen LogP contribution in [-0.4, -0.2) is 35.1 Å². The van der Waals surface area contributed by atoms with Crippen molar-refractivity contribution in [3.8, 4) is 18.4 Å². The number of carboxylic acid groups (broad SMARTS) is 1. The summed E-state index contributed by atoms with van der Waals surface area (Å²) < 4.78 is 0. The van der Waals surface area contributed by atoms with Gasteiger partial charge in [0.15, 0.2) is 0 Å². The molecule has 0 aliphatic carbocycles. The molecule has 0 aromatic heterocycles. The van der Waals surface area contributed by atoms with Gasteiger partial charge in [0.1, 0.15) is 0 Å². The Hall–Kier alpha value is -1.52. The summed E-state index contributed by atoms with van der Waals surface area (Å²) in [6, 6.07) is 1.46. The molecule has 0 amide bonds. The topological polar surface area (TPSA) is 64.3 Å². The lowest BCUT2D eigenvalue weighted by molar-refractivity contribution is -0.138. The molecule has 0 bridgehead atoms. The molecule has 0 heterocycles. The van der Waals surface area contributed by atoms with E-state index in [0.29, 0.717) is 0 Å². The lowest BCUT2D eigenvalue weighted by Crippen LogP contribution is -2.36. The van der Waals surface area contributed by atoms with Crippen molar-refractivity contribution < 1.29 is 9.90 Å². The van der Waals surface area contributed by atoms with Gasteiger partial charge >= 0.3 is 5.97 Å². The number of hydrogen-bond donors (Lipinski definition) is 1. The number of hydrogen-bond acceptors (Lipinski definition) is 3. The summed E-state index contributed by atoms with van der Waals surface area (Å²) in [4.78, 5) is 11.7. The first-order valence-corrected chi connectivity index (χ1v) is 3.40. The highest BCUT2D eigenvalue weighted by Crippen LogP contribution is 1.95. The van der Waals surface area contributed by atoms with Crippen LogP contribution in [0.5, 0.6) is 0 Å². The van der Waals surface area contributed by atoms with Gasteiger partial charge < -0.3 is 5.11 Å². The Kier molecular flexibility index (Phi) is 4.52. The van der Waals surface area contributed by atoms with Crippen LogP contribution in [0.3, 0.4) is 0 Å². The van der Waals surface area contributed by atoms with Crippen LogP contribution in [0, 0.1) is 23.7 Å². The molecule has 0 radical (unpaired) electrons. The number of nitriles is 1. The quantitative estimate of drug-likeness (QED) is 0.593. The van der Waals surface area contributed by atoms with E-state index in [0.717, 1.165) is 0 Å². The first-order chi connectivity index (χ1) is 5.61. The van der Waals surface area contributed by atoms with Crippen LogP contribution in [0.2, 0.25) is 0 Å². The van der Waals surface area contributed by atoms with Gasteiger partial charge in [-0.2, -0.15) is 5.26 Å². The van der Waals surface area contributed by atoms with E-state index in [1.807, 2.05) is 6.07 Å². The lowest BCUT2D eigenvalue weighted by Gasteiger charge is -2.18. The fourth-order valence-corrected chi connectivity index (χ4v) is 0.702. The van der Waals surface area contributed by atoms with Gasteiger partial charge in [-0.3, -0.25) is 9.69 Å². The monoisotopic (exact) mass is 166 g/mol. The number of rotatable bonds is 4. The van der Waals surface area contributed by atoms with Crippen molar-refractivity contribution in [1.82, 2.24) is 4.90 Å². The number of carboxylic acids is 1. The van der Waals surface area contributed by atoms with Crippen molar-refractivity contribution >= 4 is 5.97 Å². The molecule has 0 aliphatic heterocycles. The summed E-state index contributed by atoms with van der Waals surface area (Å²) in [7, 11) is 0. The molecule has 1 atom stereocenters. The molecule has 0 aromatic rings. The van der Waals surface area contributed by atoms with Gasteiger partial charge in [-0.05, 0) is 6.92 Å². The molecule has 1 unspecified atom stereocenters. The van der Waals surface area contributed by atoms with Gasteiger partial charge in [0, 0.05) is 0 Å². The van der Waals surface area contributed by atoms with Crippen molar-refractivity contribution in [3.05, 3.63) is 0 Å². The van der Waals surface area contributed by atoms with E-state index in [4.69, 9.17) is 16.8 Å². The fourth-order valence-electron chi connectivity index (χ4n) is 0.702. The first kappa shape index (κ1) is 10.5. The van der Waals surface area contributed by atoms with Crippen LogP contribution in [-0.2, 0) is 4.79 Å². The van der Waals surface area contributed by atoms with Gasteiger partial charge in [0.05, 0.1) is 25.2 Å². The number of nitrogens with zero attached hydrogens (tertiary/aromatic N) is 2. The molecule has 0 saturated carbocycles. The highest BCUT2D eigenvalue weighted by molar-refractivity contribution is 5.69. The van der Waals surface area contributed by atoms with Gasteiger partial charge in [0.2, 0.25) is 0 Å². The van der Waals surface area contributed by atoms with Crippen LogP contribution < -0.4 is 0 Å². The number of aliphatic carboxylic acids is 1. The van der Waals surface area contributed by atoms with Gasteiger partial charge in [-0.1, -0.05) is 5.92 Å². The third-order valence-electron chi connectivity index (χ3n) is 1.37. The highest BCUT2D eigenvalue weighted by atomic mass is 16.4. The van der Waals surface area contributed by atoms with E-state index < -0.39 is 12.0 Å². The standard InChI is InChI=1S/C8H10N2O2/c1-3-4-10(6-8(11)12)7(2)5-9/h1,7H,4,6H2,2H3,(H,11,12). The molecule has 0 rings (SSSR count). The molecule has 0 aliphatic rings. The van der Waals surface area contributed by atoms with Crippen LogP contribution in [0.1, 0.15) is 6.92 Å². The van der Waals surface area contributed by atoms with E-state index >= 15 is 0 Å². The maximum Gasteiger partial charge on any atom is 0.317 e. The third-order valence-corrected chi connectivity index (χ3v) is 1.37. The Labute approximate surface area is 71.4 Å². The number of carbonyl (C=O) groups is 1. The van der Waals surface area contributed by atoms with E-state index in [-0.39, 0.29) is 13.1 Å². The minimum Gasteiger partial charge on any atom is -0.480 e. The fraction of sp³-hybridized carbons (Fsp3) is 0.500. The average molecular weight is 166 g/mol. The summed E-state index contributed by atoms with van der Waals surface area (Å²) in [6.07, 6.45) is 5.00. The smallest absolute Gasteiger partial charge is 0.317 e. The maximum atomic E-state index is 10.3. The lowest BCUT2D eigenvalue weighted by atomic mass is 10.3. The van der Waals surface area contributed by atoms with Crippen molar-refractivity contribution in [2.24, 2.45) is 0 Å². The Balaban J connectivity index is 4.16. The largest absolute Gasteiger partial charge is 0.480 e. The van der Waals surface area contributed by atoms with Crippen LogP contribution >= 0.6 is 0 Å². The molecular formula is C8H10N2O2. The minimum absolute atomic E-state index is 0.182. The zero-order valence-electron chi connectivity index (χ0n) is 6.82. The second-order valence-corrected chi connectivity index (χ2v) is 2.31. The van der Waals surface area contributed by atoms with Crippen molar-refractivity contribution in [2.45, 2.75) is 13.0 Å². The van der Waals surface area contributed by atoms with Gasteiger partial charge in [-0.15, -0.1) is 6.42 Å². The van der Waals surface area contributed by atoms with Crippen LogP contribution in [0.15, 0.2) is 0 Å². The zero-order chi connectivity index (χ0) is 9.56. The Bertz CT molecular complexity index is 236. The minimum atomic E-state index is -0.979. The van der Waals surface area contributed by atoms with Crippen molar-refractivity contribution in [1.29, 1.82) is 5.26 Å². The summed E-state index contributed by atoms with van der Waals surface area (Å²) in [6.45, 7) is 1.60. The highest BCUT2D eigenvalue weighted by Gasteiger charge is 2.14. The summed E-state index contributed by atoms with van der Waals surface area (Å²) in [5.41, 5.74) is 0. The van der Waals surface area contributed by atoms with Gasteiger partial charge in [0.25, 0.3) is 0 Å². The summed E-state index contributed by atoms with van der Waals surface area (Å²) >= 11 is 0. The molecule has 0 saturated heterocycles. The third kappa shape index (κ3) is 3.60. The normalized spacial score (nSPS) is 11.7. The molecule has 0 aromatic carbocycles. The second kappa shape index (κ2) is 5.17. The summed E-state index contributed by atoms with van der Waals surface area (Å²) in [5, 5.41) is 16.9. The van der Waals surface area contributed by atoms with Crippen LogP contribution in [0.25, 0.3) is 0 Å². The molecule has 12 heavy (non-hydrogen) atoms. The Morgan fingerprint density at radius 2 is 2.42 bits per heavy atom. The van der Waals surface area contributed by atoms with E-state index in [1.54, 1.807) is 6.92 Å². The van der Waals surface area contributed by atoms with Crippen molar-refractivity contribution in [3.63, 3.8) is 0 Å². The van der Waals surface area contributed by atoms with E-state index in [9.17, 15) is 4.79 Å².